The highest BCUT2D eigenvalue weighted by molar-refractivity contribution is 5.48. The van der Waals surface area contributed by atoms with Gasteiger partial charge in [0.1, 0.15) is 5.69 Å². The van der Waals surface area contributed by atoms with E-state index in [0.29, 0.717) is 5.69 Å². The lowest BCUT2D eigenvalue weighted by molar-refractivity contribution is -0.386. The molecule has 13 heavy (non-hydrogen) atoms. The lowest BCUT2D eigenvalue weighted by atomic mass is 10.1. The molecule has 0 saturated heterocycles. The van der Waals surface area contributed by atoms with Crippen molar-refractivity contribution < 1.29 is 4.92 Å². The normalized spacial score (nSPS) is 10.2. The van der Waals surface area contributed by atoms with E-state index < -0.39 is 0 Å². The predicted molar refractivity (Wildman–Crippen MR) is 49.8 cm³/mol. The number of rotatable bonds is 1. The van der Waals surface area contributed by atoms with Crippen LogP contribution in [0, 0.1) is 37.8 Å². The molecule has 1 aromatic heterocycles. The van der Waals surface area contributed by atoms with Gasteiger partial charge in [0.05, 0.1) is 4.92 Å². The molecule has 1 rings (SSSR count). The van der Waals surface area contributed by atoms with Gasteiger partial charge in [-0.2, -0.15) is 0 Å². The van der Waals surface area contributed by atoms with E-state index in [1.165, 1.54) is 0 Å². The Balaban J connectivity index is 3.53. The van der Waals surface area contributed by atoms with Gasteiger partial charge in [-0.3, -0.25) is 15.1 Å². The Bertz CT molecular complexity index is 372. The second-order valence-electron chi connectivity index (χ2n) is 3.14. The third-order valence-corrected chi connectivity index (χ3v) is 2.32. The van der Waals surface area contributed by atoms with Crippen LogP contribution in [0.5, 0.6) is 0 Å². The van der Waals surface area contributed by atoms with Crippen molar-refractivity contribution in [3.8, 4) is 0 Å². The van der Waals surface area contributed by atoms with Crippen LogP contribution in [0.2, 0.25) is 0 Å². The first-order valence-electron chi connectivity index (χ1n) is 4.04. The zero-order valence-corrected chi connectivity index (χ0v) is 8.21. The molecule has 0 aromatic carbocycles. The average molecular weight is 180 g/mol. The SMILES string of the molecule is Cc1nc(C)c([N+](=O)[O-])c(C)c1C. The zero-order chi connectivity index (χ0) is 10.2. The van der Waals surface area contributed by atoms with Gasteiger partial charge >= 0.3 is 0 Å². The van der Waals surface area contributed by atoms with E-state index >= 15 is 0 Å². The Morgan fingerprint density at radius 3 is 2.08 bits per heavy atom. The fourth-order valence-corrected chi connectivity index (χ4v) is 1.38. The molecule has 0 saturated carbocycles. The van der Waals surface area contributed by atoms with E-state index in [2.05, 4.69) is 4.98 Å². The Morgan fingerprint density at radius 1 is 1.08 bits per heavy atom. The smallest absolute Gasteiger partial charge is 0.258 e. The Hall–Kier alpha value is -1.45. The quantitative estimate of drug-likeness (QED) is 0.491. The Labute approximate surface area is 76.8 Å². The maximum absolute atomic E-state index is 10.7. The molecule has 0 N–H and O–H groups in total. The fourth-order valence-electron chi connectivity index (χ4n) is 1.38. The van der Waals surface area contributed by atoms with Crippen molar-refractivity contribution in [1.82, 2.24) is 4.98 Å². The molecule has 0 aliphatic heterocycles. The molecule has 4 nitrogen and oxygen atoms in total. The predicted octanol–water partition coefficient (Wildman–Crippen LogP) is 2.22. The van der Waals surface area contributed by atoms with Crippen LogP contribution in [-0.2, 0) is 0 Å². The van der Waals surface area contributed by atoms with Gasteiger partial charge < -0.3 is 0 Å². The third kappa shape index (κ3) is 1.52. The lowest BCUT2D eigenvalue weighted by Gasteiger charge is -2.06. The van der Waals surface area contributed by atoms with E-state index in [1.807, 2.05) is 13.8 Å². The highest BCUT2D eigenvalue weighted by atomic mass is 16.6. The van der Waals surface area contributed by atoms with E-state index in [0.717, 1.165) is 16.8 Å². The molecule has 0 unspecified atom stereocenters. The minimum Gasteiger partial charge on any atom is -0.258 e. The van der Waals surface area contributed by atoms with E-state index in [-0.39, 0.29) is 10.6 Å². The topological polar surface area (TPSA) is 56.0 Å². The van der Waals surface area contributed by atoms with Crippen molar-refractivity contribution in [2.24, 2.45) is 0 Å². The molecule has 0 aliphatic rings. The van der Waals surface area contributed by atoms with Gasteiger partial charge in [-0.25, -0.2) is 0 Å². The number of hydrogen-bond acceptors (Lipinski definition) is 3. The molecule has 0 aliphatic carbocycles. The molecule has 0 radical (unpaired) electrons. The summed E-state index contributed by atoms with van der Waals surface area (Å²) < 4.78 is 0. The third-order valence-electron chi connectivity index (χ3n) is 2.32. The summed E-state index contributed by atoms with van der Waals surface area (Å²) in [6.07, 6.45) is 0. The van der Waals surface area contributed by atoms with Gasteiger partial charge in [-0.05, 0) is 33.3 Å². The monoisotopic (exact) mass is 180 g/mol. The Morgan fingerprint density at radius 2 is 1.62 bits per heavy atom. The summed E-state index contributed by atoms with van der Waals surface area (Å²) in [6.45, 7) is 7.13. The minimum atomic E-state index is -0.371. The molecule has 1 aromatic rings. The van der Waals surface area contributed by atoms with Crippen LogP contribution in [0.25, 0.3) is 0 Å². The highest BCUT2D eigenvalue weighted by Gasteiger charge is 2.18. The van der Waals surface area contributed by atoms with Crippen LogP contribution >= 0.6 is 0 Å². The highest BCUT2D eigenvalue weighted by Crippen LogP contribution is 2.25. The van der Waals surface area contributed by atoms with Gasteiger partial charge in [0.25, 0.3) is 5.69 Å². The molecule has 70 valence electrons. The number of pyridine rings is 1. The maximum Gasteiger partial charge on any atom is 0.293 e. The Kier molecular flexibility index (Phi) is 2.32. The van der Waals surface area contributed by atoms with E-state index in [1.54, 1.807) is 13.8 Å². The van der Waals surface area contributed by atoms with Gasteiger partial charge in [0, 0.05) is 11.3 Å². The average Bonchev–Trinajstić information content (AvgIpc) is 1.99. The van der Waals surface area contributed by atoms with Gasteiger partial charge in [-0.1, -0.05) is 0 Å². The number of aryl methyl sites for hydroxylation is 2. The molecule has 4 heteroatoms. The first-order valence-corrected chi connectivity index (χ1v) is 4.04. The first-order chi connectivity index (χ1) is 5.95. The summed E-state index contributed by atoms with van der Waals surface area (Å²) in [6, 6.07) is 0. The first kappa shape index (κ1) is 9.64. The molecular weight excluding hydrogens is 168 g/mol. The minimum absolute atomic E-state index is 0.142. The largest absolute Gasteiger partial charge is 0.293 e. The van der Waals surface area contributed by atoms with E-state index in [4.69, 9.17) is 0 Å². The lowest BCUT2D eigenvalue weighted by Crippen LogP contribution is -2.02. The molecular formula is C9H12N2O2. The summed E-state index contributed by atoms with van der Waals surface area (Å²) in [5.74, 6) is 0. The van der Waals surface area contributed by atoms with Crippen molar-refractivity contribution in [3.05, 3.63) is 32.6 Å². The second kappa shape index (κ2) is 3.12. The number of nitro groups is 1. The number of hydrogen-bond donors (Lipinski definition) is 0. The zero-order valence-electron chi connectivity index (χ0n) is 8.21. The van der Waals surface area contributed by atoms with Crippen LogP contribution in [0.1, 0.15) is 22.5 Å². The summed E-state index contributed by atoms with van der Waals surface area (Å²) >= 11 is 0. The van der Waals surface area contributed by atoms with Gasteiger partial charge in [0.2, 0.25) is 0 Å². The summed E-state index contributed by atoms with van der Waals surface area (Å²) in [7, 11) is 0. The molecule has 0 fully saturated rings. The van der Waals surface area contributed by atoms with Gasteiger partial charge in [-0.15, -0.1) is 0 Å². The summed E-state index contributed by atoms with van der Waals surface area (Å²) in [5, 5.41) is 10.7. The molecule has 0 bridgehead atoms. The molecule has 0 spiro atoms. The fraction of sp³-hybridized carbons (Fsp3) is 0.444. The van der Waals surface area contributed by atoms with Crippen molar-refractivity contribution in [3.63, 3.8) is 0 Å². The number of nitrogens with zero attached hydrogens (tertiary/aromatic N) is 2. The molecule has 0 amide bonds. The van der Waals surface area contributed by atoms with Crippen LogP contribution in [0.3, 0.4) is 0 Å². The standard InChI is InChI=1S/C9H12N2O2/c1-5-6(2)9(11(12)13)8(4)10-7(5)3/h1-4H3. The van der Waals surface area contributed by atoms with Crippen LogP contribution < -0.4 is 0 Å². The van der Waals surface area contributed by atoms with E-state index in [9.17, 15) is 10.1 Å². The molecule has 0 atom stereocenters. The summed E-state index contributed by atoms with van der Waals surface area (Å²) in [4.78, 5) is 14.4. The second-order valence-corrected chi connectivity index (χ2v) is 3.14. The molecule has 1 heterocycles. The van der Waals surface area contributed by atoms with Crippen LogP contribution in [0.15, 0.2) is 0 Å². The van der Waals surface area contributed by atoms with Crippen molar-refractivity contribution in [1.29, 1.82) is 0 Å². The van der Waals surface area contributed by atoms with Crippen LogP contribution in [0.4, 0.5) is 5.69 Å². The maximum atomic E-state index is 10.7. The number of aromatic nitrogens is 1. The van der Waals surface area contributed by atoms with Crippen molar-refractivity contribution >= 4 is 5.69 Å². The van der Waals surface area contributed by atoms with Crippen molar-refractivity contribution in [2.45, 2.75) is 27.7 Å². The van der Waals surface area contributed by atoms with Gasteiger partial charge in [0.15, 0.2) is 0 Å². The van der Waals surface area contributed by atoms with Crippen LogP contribution in [-0.4, -0.2) is 9.91 Å². The summed E-state index contributed by atoms with van der Waals surface area (Å²) in [5.41, 5.74) is 3.11. The van der Waals surface area contributed by atoms with Crippen molar-refractivity contribution in [2.75, 3.05) is 0 Å².